The Morgan fingerprint density at radius 2 is 1.75 bits per heavy atom. The predicted octanol–water partition coefficient (Wildman–Crippen LogP) is 4.18. The Labute approximate surface area is 87.8 Å². The Morgan fingerprint density at radius 3 is 2.25 bits per heavy atom. The quantitative estimate of drug-likeness (QED) is 0.673. The number of benzene rings is 1. The highest BCUT2D eigenvalue weighted by molar-refractivity contribution is 14.1. The zero-order valence-corrected chi connectivity index (χ0v) is 9.84. The van der Waals surface area contributed by atoms with E-state index in [0.29, 0.717) is 0 Å². The average Bonchev–Trinajstić information content (AvgIpc) is 2.04. The lowest BCUT2D eigenvalue weighted by Gasteiger charge is -2.06. The van der Waals surface area contributed by atoms with Gasteiger partial charge in [0, 0.05) is 0 Å². The van der Waals surface area contributed by atoms with Gasteiger partial charge in [-0.25, -0.2) is 0 Å². The van der Waals surface area contributed by atoms with Crippen molar-refractivity contribution in [3.8, 4) is 0 Å². The first-order chi connectivity index (χ1) is 5.63. The fourth-order valence-corrected chi connectivity index (χ4v) is 1.47. The van der Waals surface area contributed by atoms with Gasteiger partial charge in [0.05, 0.1) is 0 Å². The van der Waals surface area contributed by atoms with E-state index in [2.05, 4.69) is 67.6 Å². The van der Waals surface area contributed by atoms with Crippen LogP contribution in [-0.2, 0) is 0 Å². The van der Waals surface area contributed by atoms with Crippen molar-refractivity contribution in [1.82, 2.24) is 0 Å². The topological polar surface area (TPSA) is 0 Å². The standard InChI is InChI=1S/C11H13I/c1-8-6-4-5-7-11(8)9(2)10(3)12/h4-7H,1-3H3/b10-9+. The van der Waals surface area contributed by atoms with Crippen molar-refractivity contribution in [2.75, 3.05) is 0 Å². The predicted molar refractivity (Wildman–Crippen MR) is 63.5 cm³/mol. The van der Waals surface area contributed by atoms with Gasteiger partial charge in [-0.05, 0) is 63.6 Å². The molecule has 0 unspecified atom stereocenters. The van der Waals surface area contributed by atoms with Gasteiger partial charge >= 0.3 is 0 Å². The van der Waals surface area contributed by atoms with Gasteiger partial charge in [-0.1, -0.05) is 24.3 Å². The van der Waals surface area contributed by atoms with Crippen LogP contribution in [0.15, 0.2) is 27.8 Å². The second-order valence-electron chi connectivity index (χ2n) is 2.97. The maximum atomic E-state index is 2.37. The van der Waals surface area contributed by atoms with Crippen LogP contribution in [0, 0.1) is 6.92 Å². The lowest BCUT2D eigenvalue weighted by atomic mass is 10.0. The van der Waals surface area contributed by atoms with Crippen LogP contribution in [0.2, 0.25) is 0 Å². The van der Waals surface area contributed by atoms with Gasteiger partial charge in [0.25, 0.3) is 0 Å². The van der Waals surface area contributed by atoms with Gasteiger partial charge in [0.1, 0.15) is 0 Å². The number of hydrogen-bond acceptors (Lipinski definition) is 0. The Balaban J connectivity index is 3.21. The molecule has 1 aromatic rings. The van der Waals surface area contributed by atoms with Crippen molar-refractivity contribution < 1.29 is 0 Å². The van der Waals surface area contributed by atoms with E-state index in [9.17, 15) is 0 Å². The molecule has 0 fully saturated rings. The molecule has 1 heteroatoms. The summed E-state index contributed by atoms with van der Waals surface area (Å²) in [5, 5.41) is 0. The lowest BCUT2D eigenvalue weighted by Crippen LogP contribution is -1.85. The average molecular weight is 272 g/mol. The first-order valence-electron chi connectivity index (χ1n) is 4.02. The van der Waals surface area contributed by atoms with Gasteiger partial charge in [-0.15, -0.1) is 0 Å². The molecule has 0 nitrogen and oxygen atoms in total. The maximum absolute atomic E-state index is 2.37. The van der Waals surface area contributed by atoms with E-state index in [1.807, 2.05) is 0 Å². The van der Waals surface area contributed by atoms with E-state index in [0.717, 1.165) is 0 Å². The molecule has 12 heavy (non-hydrogen) atoms. The second kappa shape index (κ2) is 4.08. The van der Waals surface area contributed by atoms with Gasteiger partial charge in [-0.3, -0.25) is 0 Å². The van der Waals surface area contributed by atoms with E-state index >= 15 is 0 Å². The molecule has 0 radical (unpaired) electrons. The molecule has 0 N–H and O–H groups in total. The summed E-state index contributed by atoms with van der Waals surface area (Å²) in [4.78, 5) is 0. The van der Waals surface area contributed by atoms with Crippen LogP contribution in [0.3, 0.4) is 0 Å². The third kappa shape index (κ3) is 2.09. The number of halogens is 1. The first-order valence-corrected chi connectivity index (χ1v) is 5.10. The van der Waals surface area contributed by atoms with Crippen LogP contribution in [-0.4, -0.2) is 0 Å². The third-order valence-corrected chi connectivity index (χ3v) is 2.87. The van der Waals surface area contributed by atoms with Crippen molar-refractivity contribution in [2.24, 2.45) is 0 Å². The van der Waals surface area contributed by atoms with Gasteiger partial charge in [-0.2, -0.15) is 0 Å². The van der Waals surface area contributed by atoms with Crippen molar-refractivity contribution in [2.45, 2.75) is 20.8 Å². The van der Waals surface area contributed by atoms with E-state index in [1.165, 1.54) is 20.3 Å². The molecule has 1 aromatic carbocycles. The molecule has 0 spiro atoms. The molecule has 0 aliphatic carbocycles. The molecular formula is C11H13I. The highest BCUT2D eigenvalue weighted by atomic mass is 127. The molecular weight excluding hydrogens is 259 g/mol. The molecule has 0 saturated heterocycles. The lowest BCUT2D eigenvalue weighted by molar-refractivity contribution is 1.40. The molecule has 0 atom stereocenters. The highest BCUT2D eigenvalue weighted by Crippen LogP contribution is 2.24. The summed E-state index contributed by atoms with van der Waals surface area (Å²) >= 11 is 2.37. The number of aryl methyl sites for hydroxylation is 1. The maximum Gasteiger partial charge on any atom is -0.00898 e. The summed E-state index contributed by atoms with van der Waals surface area (Å²) in [5.74, 6) is 0. The van der Waals surface area contributed by atoms with E-state index in [1.54, 1.807) is 0 Å². The van der Waals surface area contributed by atoms with Crippen LogP contribution in [0.5, 0.6) is 0 Å². The fourth-order valence-electron chi connectivity index (χ4n) is 1.18. The SMILES string of the molecule is C/C(I)=C(/C)c1ccccc1C. The van der Waals surface area contributed by atoms with Crippen LogP contribution in [0.25, 0.3) is 5.57 Å². The van der Waals surface area contributed by atoms with Crippen molar-refractivity contribution in [1.29, 1.82) is 0 Å². The van der Waals surface area contributed by atoms with Crippen molar-refractivity contribution >= 4 is 28.2 Å². The first kappa shape index (κ1) is 9.78. The summed E-state index contributed by atoms with van der Waals surface area (Å²) in [7, 11) is 0. The van der Waals surface area contributed by atoms with Crippen molar-refractivity contribution in [3.63, 3.8) is 0 Å². The zero-order chi connectivity index (χ0) is 9.14. The molecule has 0 aromatic heterocycles. The molecule has 64 valence electrons. The summed E-state index contributed by atoms with van der Waals surface area (Å²) in [5.41, 5.74) is 4.10. The molecule has 0 bridgehead atoms. The van der Waals surface area contributed by atoms with Crippen LogP contribution in [0.1, 0.15) is 25.0 Å². The Bertz CT molecular complexity index is 307. The van der Waals surface area contributed by atoms with Crippen LogP contribution >= 0.6 is 22.6 Å². The number of allylic oxidation sites excluding steroid dienone is 2. The minimum Gasteiger partial charge on any atom is -0.0620 e. The molecule has 0 heterocycles. The van der Waals surface area contributed by atoms with Gasteiger partial charge in [0.2, 0.25) is 0 Å². The largest absolute Gasteiger partial charge is 0.0620 e. The molecule has 0 aliphatic heterocycles. The number of rotatable bonds is 1. The minimum atomic E-state index is 1.35. The van der Waals surface area contributed by atoms with Crippen LogP contribution in [0.4, 0.5) is 0 Å². The second-order valence-corrected chi connectivity index (χ2v) is 4.59. The highest BCUT2D eigenvalue weighted by Gasteiger charge is 2.00. The molecule has 1 rings (SSSR count). The smallest absolute Gasteiger partial charge is 0.00898 e. The van der Waals surface area contributed by atoms with Crippen LogP contribution < -0.4 is 0 Å². The van der Waals surface area contributed by atoms with Gasteiger partial charge < -0.3 is 0 Å². The Morgan fingerprint density at radius 1 is 1.17 bits per heavy atom. The molecule has 0 saturated carbocycles. The third-order valence-electron chi connectivity index (χ3n) is 2.07. The monoisotopic (exact) mass is 272 g/mol. The van der Waals surface area contributed by atoms with E-state index < -0.39 is 0 Å². The Hall–Kier alpha value is -0.310. The van der Waals surface area contributed by atoms with Gasteiger partial charge in [0.15, 0.2) is 0 Å². The summed E-state index contributed by atoms with van der Waals surface area (Å²) < 4.78 is 1.36. The van der Waals surface area contributed by atoms with E-state index in [-0.39, 0.29) is 0 Å². The molecule has 0 aliphatic rings. The zero-order valence-electron chi connectivity index (χ0n) is 7.69. The Kier molecular flexibility index (Phi) is 3.32. The summed E-state index contributed by atoms with van der Waals surface area (Å²) in [6.45, 7) is 6.46. The number of hydrogen-bond donors (Lipinski definition) is 0. The normalized spacial score (nSPS) is 12.7. The fraction of sp³-hybridized carbons (Fsp3) is 0.273. The molecule has 0 amide bonds. The minimum absolute atomic E-state index is 1.35. The summed E-state index contributed by atoms with van der Waals surface area (Å²) in [6, 6.07) is 8.49. The summed E-state index contributed by atoms with van der Waals surface area (Å²) in [6.07, 6.45) is 0. The van der Waals surface area contributed by atoms with Crippen molar-refractivity contribution in [3.05, 3.63) is 39.0 Å². The van der Waals surface area contributed by atoms with E-state index in [4.69, 9.17) is 0 Å².